The van der Waals surface area contributed by atoms with Crippen molar-refractivity contribution in [2.45, 2.75) is 25.0 Å². The van der Waals surface area contributed by atoms with E-state index in [4.69, 9.17) is 9.15 Å². The summed E-state index contributed by atoms with van der Waals surface area (Å²) in [6.45, 7) is 5.61. The fourth-order valence-electron chi connectivity index (χ4n) is 2.56. The zero-order valence-corrected chi connectivity index (χ0v) is 10.6. The Kier molecular flexibility index (Phi) is 2.50. The van der Waals surface area contributed by atoms with Gasteiger partial charge in [-0.25, -0.2) is 4.79 Å². The summed E-state index contributed by atoms with van der Waals surface area (Å²) < 4.78 is 10.8. The van der Waals surface area contributed by atoms with Gasteiger partial charge in [0.15, 0.2) is 6.29 Å². The Bertz CT molecular complexity index is 716. The predicted octanol–water partition coefficient (Wildman–Crippen LogP) is 2.34. The summed E-state index contributed by atoms with van der Waals surface area (Å²) in [6, 6.07) is 7.12. The van der Waals surface area contributed by atoms with E-state index in [1.54, 1.807) is 24.3 Å². The second-order valence-corrected chi connectivity index (χ2v) is 4.99. The first-order chi connectivity index (χ1) is 9.05. The molecule has 98 valence electrons. The summed E-state index contributed by atoms with van der Waals surface area (Å²) in [5.41, 5.74) is -0.223. The number of allylic oxidation sites excluding steroid dienone is 1. The van der Waals surface area contributed by atoms with Crippen LogP contribution in [-0.4, -0.2) is 11.4 Å². The van der Waals surface area contributed by atoms with Gasteiger partial charge < -0.3 is 14.3 Å². The molecule has 2 unspecified atom stereocenters. The van der Waals surface area contributed by atoms with Crippen LogP contribution in [0.4, 0.5) is 0 Å². The highest BCUT2D eigenvalue weighted by Crippen LogP contribution is 2.42. The van der Waals surface area contributed by atoms with Gasteiger partial charge in [0.2, 0.25) is 0 Å². The molecule has 2 heterocycles. The molecule has 1 aromatic carbocycles. The Balaban J connectivity index is 2.44. The van der Waals surface area contributed by atoms with Crippen LogP contribution in [0.5, 0.6) is 5.75 Å². The number of rotatable bonds is 1. The van der Waals surface area contributed by atoms with Crippen molar-refractivity contribution in [2.24, 2.45) is 0 Å². The number of hydrogen-bond donors (Lipinski definition) is 1. The molecule has 1 aromatic heterocycles. The molecule has 1 aliphatic rings. The smallest absolute Gasteiger partial charge is 0.344 e. The molecule has 19 heavy (non-hydrogen) atoms. The number of fused-ring (bicyclic) bond motifs is 3. The van der Waals surface area contributed by atoms with Gasteiger partial charge in [-0.3, -0.25) is 0 Å². The van der Waals surface area contributed by atoms with Crippen molar-refractivity contribution in [1.29, 1.82) is 0 Å². The van der Waals surface area contributed by atoms with Gasteiger partial charge in [-0.2, -0.15) is 0 Å². The van der Waals surface area contributed by atoms with Gasteiger partial charge in [0.05, 0.1) is 10.9 Å². The van der Waals surface area contributed by atoms with E-state index in [-0.39, 0.29) is 6.42 Å². The third-order valence-electron chi connectivity index (χ3n) is 3.64. The van der Waals surface area contributed by atoms with Crippen molar-refractivity contribution in [1.82, 2.24) is 0 Å². The summed E-state index contributed by atoms with van der Waals surface area (Å²) in [5.74, 6) is 0.396. The van der Waals surface area contributed by atoms with Crippen LogP contribution >= 0.6 is 0 Å². The Morgan fingerprint density at radius 3 is 2.95 bits per heavy atom. The van der Waals surface area contributed by atoms with E-state index < -0.39 is 17.3 Å². The Morgan fingerprint density at radius 1 is 1.47 bits per heavy atom. The number of hydrogen-bond acceptors (Lipinski definition) is 4. The predicted molar refractivity (Wildman–Crippen MR) is 71.3 cm³/mol. The standard InChI is InChI=1S/C15H14O4/c1-3-15(2)8-11(16)19-13-9-6-4-5-7-10(9)18-14(17)12(13)15/h3-7,11,16H,1,8H2,2H3. The molecule has 1 aliphatic heterocycles. The van der Waals surface area contributed by atoms with E-state index in [1.807, 2.05) is 13.0 Å². The normalized spacial score (nSPS) is 25.7. The second-order valence-electron chi connectivity index (χ2n) is 4.99. The topological polar surface area (TPSA) is 59.7 Å². The van der Waals surface area contributed by atoms with Crippen LogP contribution in [-0.2, 0) is 5.41 Å². The quantitative estimate of drug-likeness (QED) is 0.630. The first-order valence-corrected chi connectivity index (χ1v) is 6.10. The molecule has 3 rings (SSSR count). The lowest BCUT2D eigenvalue weighted by atomic mass is 9.78. The summed E-state index contributed by atoms with van der Waals surface area (Å²) in [7, 11) is 0. The van der Waals surface area contributed by atoms with Crippen LogP contribution < -0.4 is 10.4 Å². The molecule has 0 radical (unpaired) electrons. The first kappa shape index (κ1) is 12.0. The highest BCUT2D eigenvalue weighted by atomic mass is 16.6. The van der Waals surface area contributed by atoms with Crippen LogP contribution in [0.3, 0.4) is 0 Å². The summed E-state index contributed by atoms with van der Waals surface area (Å²) in [6.07, 6.45) is 0.983. The summed E-state index contributed by atoms with van der Waals surface area (Å²) in [5, 5.41) is 10.6. The molecule has 0 fully saturated rings. The third kappa shape index (κ3) is 1.68. The summed E-state index contributed by atoms with van der Waals surface area (Å²) in [4.78, 5) is 12.2. The first-order valence-electron chi connectivity index (χ1n) is 6.10. The van der Waals surface area contributed by atoms with Gasteiger partial charge in [-0.15, -0.1) is 6.58 Å². The number of aliphatic hydroxyl groups excluding tert-OH is 1. The number of ether oxygens (including phenoxy) is 1. The van der Waals surface area contributed by atoms with Crippen molar-refractivity contribution in [2.75, 3.05) is 0 Å². The van der Waals surface area contributed by atoms with E-state index >= 15 is 0 Å². The Labute approximate surface area is 109 Å². The van der Waals surface area contributed by atoms with E-state index in [0.717, 1.165) is 0 Å². The molecule has 0 amide bonds. The molecule has 0 saturated heterocycles. The minimum atomic E-state index is -0.958. The molecule has 4 nitrogen and oxygen atoms in total. The number of aliphatic hydroxyl groups is 1. The molecular formula is C15H14O4. The monoisotopic (exact) mass is 258 g/mol. The van der Waals surface area contributed by atoms with Crippen molar-refractivity contribution >= 4 is 11.0 Å². The van der Waals surface area contributed by atoms with Crippen LogP contribution in [0.25, 0.3) is 11.0 Å². The van der Waals surface area contributed by atoms with E-state index in [1.165, 1.54) is 0 Å². The highest BCUT2D eigenvalue weighted by molar-refractivity contribution is 5.85. The molecule has 4 heteroatoms. The minimum absolute atomic E-state index is 0.284. The van der Waals surface area contributed by atoms with Crippen LogP contribution in [0.1, 0.15) is 18.9 Å². The fourth-order valence-corrected chi connectivity index (χ4v) is 2.56. The molecule has 0 bridgehead atoms. The largest absolute Gasteiger partial charge is 0.464 e. The Hall–Kier alpha value is -2.07. The maximum atomic E-state index is 12.2. The molecule has 0 saturated carbocycles. The van der Waals surface area contributed by atoms with Gasteiger partial charge in [0.1, 0.15) is 11.3 Å². The van der Waals surface area contributed by atoms with Gasteiger partial charge in [-0.05, 0) is 12.1 Å². The SMILES string of the molecule is C=CC1(C)CC(O)Oc2c1c(=O)oc1ccccc21. The molecule has 0 aliphatic carbocycles. The van der Waals surface area contributed by atoms with Crippen LogP contribution in [0.15, 0.2) is 46.1 Å². The van der Waals surface area contributed by atoms with E-state index in [0.29, 0.717) is 22.3 Å². The van der Waals surface area contributed by atoms with Crippen molar-refractivity contribution in [3.63, 3.8) is 0 Å². The van der Waals surface area contributed by atoms with Crippen molar-refractivity contribution < 1.29 is 14.3 Å². The molecule has 2 aromatic rings. The Morgan fingerprint density at radius 2 is 2.21 bits per heavy atom. The van der Waals surface area contributed by atoms with Crippen LogP contribution in [0.2, 0.25) is 0 Å². The van der Waals surface area contributed by atoms with Gasteiger partial charge in [0, 0.05) is 11.8 Å². The van der Waals surface area contributed by atoms with Gasteiger partial charge in [-0.1, -0.05) is 25.1 Å². The maximum Gasteiger partial charge on any atom is 0.344 e. The van der Waals surface area contributed by atoms with E-state index in [2.05, 4.69) is 6.58 Å². The van der Waals surface area contributed by atoms with Gasteiger partial charge in [0.25, 0.3) is 0 Å². The molecule has 1 N–H and O–H groups in total. The average Bonchev–Trinajstić information content (AvgIpc) is 2.38. The van der Waals surface area contributed by atoms with Crippen molar-refractivity contribution in [3.05, 3.63) is 52.9 Å². The van der Waals surface area contributed by atoms with Gasteiger partial charge >= 0.3 is 5.63 Å². The summed E-state index contributed by atoms with van der Waals surface area (Å²) >= 11 is 0. The maximum absolute atomic E-state index is 12.2. The lowest BCUT2D eigenvalue weighted by molar-refractivity contribution is -0.0458. The zero-order valence-electron chi connectivity index (χ0n) is 10.6. The fraction of sp³-hybridized carbons (Fsp3) is 0.267. The molecule has 0 spiro atoms. The third-order valence-corrected chi connectivity index (χ3v) is 3.64. The van der Waals surface area contributed by atoms with Crippen LogP contribution in [0, 0.1) is 0 Å². The minimum Gasteiger partial charge on any atom is -0.464 e. The number of benzene rings is 1. The average molecular weight is 258 g/mol. The van der Waals surface area contributed by atoms with Crippen molar-refractivity contribution in [3.8, 4) is 5.75 Å². The van der Waals surface area contributed by atoms with E-state index in [9.17, 15) is 9.90 Å². The lowest BCUT2D eigenvalue weighted by Gasteiger charge is -2.34. The molecular weight excluding hydrogens is 244 g/mol. The molecule has 2 atom stereocenters. The zero-order chi connectivity index (χ0) is 13.6. The second kappa shape index (κ2) is 3.96. The lowest BCUT2D eigenvalue weighted by Crippen LogP contribution is -2.38. The highest BCUT2D eigenvalue weighted by Gasteiger charge is 2.39. The number of para-hydroxylation sites is 1.